The van der Waals surface area contributed by atoms with E-state index >= 15 is 0 Å². The molecule has 1 aromatic heterocycles. The number of para-hydroxylation sites is 2. The lowest BCUT2D eigenvalue weighted by molar-refractivity contribution is 1.18. The molecule has 0 aliphatic carbocycles. The Labute approximate surface area is 271 Å². The molecule has 1 nitrogen and oxygen atoms in total. The van der Waals surface area contributed by atoms with Crippen LogP contribution in [0.25, 0.3) is 82.4 Å². The Bertz CT molecular complexity index is 2660. The van der Waals surface area contributed by atoms with E-state index in [1.807, 2.05) is 11.8 Å². The zero-order valence-corrected chi connectivity index (χ0v) is 25.8. The molecule has 9 aromatic rings. The third kappa shape index (κ3) is 3.77. The molecule has 214 valence electrons. The Morgan fingerprint density at radius 3 is 1.98 bits per heavy atom. The lowest BCUT2D eigenvalue weighted by Gasteiger charge is -2.21. The first-order valence-corrected chi connectivity index (χ1v) is 16.6. The highest BCUT2D eigenvalue weighted by molar-refractivity contribution is 7.99. The van der Waals surface area contributed by atoms with E-state index in [1.54, 1.807) is 0 Å². The second-order valence-electron chi connectivity index (χ2n) is 12.1. The maximum Gasteiger partial charge on any atom is 0.0547 e. The van der Waals surface area contributed by atoms with Crippen LogP contribution in [0.4, 0.5) is 0 Å². The van der Waals surface area contributed by atoms with Crippen LogP contribution in [-0.2, 0) is 0 Å². The normalized spacial score (nSPS) is 12.3. The Kier molecular flexibility index (Phi) is 5.58. The summed E-state index contributed by atoms with van der Waals surface area (Å²) in [6.07, 6.45) is 0. The minimum atomic E-state index is 1.19. The van der Waals surface area contributed by atoms with Gasteiger partial charge in [-0.3, -0.25) is 0 Å². The fraction of sp³-hybridized carbons (Fsp3) is 0. The number of nitrogens with zero attached hydrogens (tertiary/aromatic N) is 1. The first-order valence-electron chi connectivity index (χ1n) is 15.8. The standard InChI is InChI=1S/C44H27NS/c1-2-13-34-29(9-1)23-25-40-44(34)36-14-4-6-17-39(36)45(40)38-16-5-3-12-33(38)30-21-19-28(20-22-30)32-24-26-41-37(27-32)35-15-7-10-31-11-8-18-42(46-41)43(31)35/h1-27H. The summed E-state index contributed by atoms with van der Waals surface area (Å²) in [7, 11) is 0. The highest BCUT2D eigenvalue weighted by atomic mass is 32.2. The van der Waals surface area contributed by atoms with Crippen LogP contribution in [0.2, 0.25) is 0 Å². The highest BCUT2D eigenvalue weighted by Crippen LogP contribution is 2.49. The second-order valence-corrected chi connectivity index (χ2v) is 13.2. The van der Waals surface area contributed by atoms with E-state index in [4.69, 9.17) is 0 Å². The summed E-state index contributed by atoms with van der Waals surface area (Å²) in [6, 6.07) is 60.2. The quantitative estimate of drug-likeness (QED) is 0.195. The van der Waals surface area contributed by atoms with E-state index in [9.17, 15) is 0 Å². The van der Waals surface area contributed by atoms with Crippen LogP contribution in [0.5, 0.6) is 0 Å². The van der Waals surface area contributed by atoms with Gasteiger partial charge in [0.15, 0.2) is 0 Å². The first-order chi connectivity index (χ1) is 22.8. The molecule has 1 aliphatic heterocycles. The average molecular weight is 602 g/mol. The average Bonchev–Trinajstić information content (AvgIpc) is 3.47. The SMILES string of the molecule is c1ccc(-n2c3ccccc3c3c4ccccc4ccc32)c(-c2ccc(-c3ccc4c(c3)-c3cccc5cccc(c35)S4)cc2)c1. The molecule has 2 heterocycles. The Morgan fingerprint density at radius 2 is 1.07 bits per heavy atom. The Balaban J connectivity index is 1.10. The third-order valence-electron chi connectivity index (χ3n) is 9.59. The molecule has 0 radical (unpaired) electrons. The van der Waals surface area contributed by atoms with E-state index in [-0.39, 0.29) is 0 Å². The van der Waals surface area contributed by atoms with Crippen molar-refractivity contribution in [1.82, 2.24) is 4.57 Å². The number of hydrogen-bond donors (Lipinski definition) is 0. The summed E-state index contributed by atoms with van der Waals surface area (Å²) >= 11 is 1.88. The van der Waals surface area contributed by atoms with Crippen LogP contribution in [-0.4, -0.2) is 4.57 Å². The highest BCUT2D eigenvalue weighted by Gasteiger charge is 2.20. The molecule has 0 spiro atoms. The molecule has 0 saturated heterocycles. The maximum absolute atomic E-state index is 2.44. The van der Waals surface area contributed by atoms with Gasteiger partial charge in [0.05, 0.1) is 16.7 Å². The number of fused-ring (bicyclic) bond motifs is 7. The van der Waals surface area contributed by atoms with Gasteiger partial charge in [0.2, 0.25) is 0 Å². The van der Waals surface area contributed by atoms with Gasteiger partial charge < -0.3 is 4.57 Å². The molecule has 0 amide bonds. The predicted octanol–water partition coefficient (Wildman–Crippen LogP) is 12.6. The second kappa shape index (κ2) is 9.97. The molecular formula is C44H27NS. The van der Waals surface area contributed by atoms with Crippen LogP contribution in [0.1, 0.15) is 0 Å². The predicted molar refractivity (Wildman–Crippen MR) is 196 cm³/mol. The molecule has 0 fully saturated rings. The fourth-order valence-corrected chi connectivity index (χ4v) is 8.63. The summed E-state index contributed by atoms with van der Waals surface area (Å²) in [5, 5.41) is 7.82. The van der Waals surface area contributed by atoms with Crippen LogP contribution in [0.3, 0.4) is 0 Å². The molecule has 10 rings (SSSR count). The lowest BCUT2D eigenvalue weighted by atomic mass is 9.94. The van der Waals surface area contributed by atoms with Gasteiger partial charge in [-0.05, 0) is 80.4 Å². The zero-order chi connectivity index (χ0) is 30.2. The van der Waals surface area contributed by atoms with Crippen molar-refractivity contribution in [3.63, 3.8) is 0 Å². The van der Waals surface area contributed by atoms with E-state index in [1.165, 1.54) is 92.2 Å². The van der Waals surface area contributed by atoms with Crippen LogP contribution < -0.4 is 0 Å². The maximum atomic E-state index is 2.44. The monoisotopic (exact) mass is 601 g/mol. The van der Waals surface area contributed by atoms with Crippen molar-refractivity contribution in [3.8, 4) is 39.1 Å². The molecule has 0 unspecified atom stereocenters. The molecule has 1 aliphatic rings. The number of rotatable bonds is 3. The van der Waals surface area contributed by atoms with Crippen molar-refractivity contribution >= 4 is 55.1 Å². The van der Waals surface area contributed by atoms with Gasteiger partial charge in [0, 0.05) is 31.5 Å². The Hall–Kier alpha value is -5.57. The van der Waals surface area contributed by atoms with Crippen LogP contribution in [0, 0.1) is 0 Å². The third-order valence-corrected chi connectivity index (χ3v) is 10.7. The number of benzene rings is 8. The minimum absolute atomic E-state index is 1.19. The lowest BCUT2D eigenvalue weighted by Crippen LogP contribution is -1.97. The van der Waals surface area contributed by atoms with Crippen LogP contribution in [0.15, 0.2) is 174 Å². The van der Waals surface area contributed by atoms with E-state index in [2.05, 4.69) is 168 Å². The molecule has 2 heteroatoms. The van der Waals surface area contributed by atoms with Crippen molar-refractivity contribution in [1.29, 1.82) is 0 Å². The number of aromatic nitrogens is 1. The van der Waals surface area contributed by atoms with Crippen molar-refractivity contribution in [2.45, 2.75) is 9.79 Å². The van der Waals surface area contributed by atoms with Crippen molar-refractivity contribution in [2.75, 3.05) is 0 Å². The number of hydrogen-bond acceptors (Lipinski definition) is 1. The molecule has 0 bridgehead atoms. The van der Waals surface area contributed by atoms with Gasteiger partial charge in [0.1, 0.15) is 0 Å². The van der Waals surface area contributed by atoms with Gasteiger partial charge in [-0.15, -0.1) is 0 Å². The van der Waals surface area contributed by atoms with Crippen molar-refractivity contribution in [2.24, 2.45) is 0 Å². The van der Waals surface area contributed by atoms with Crippen molar-refractivity contribution in [3.05, 3.63) is 164 Å². The van der Waals surface area contributed by atoms with Gasteiger partial charge in [-0.25, -0.2) is 0 Å². The molecule has 0 atom stereocenters. The zero-order valence-electron chi connectivity index (χ0n) is 24.9. The van der Waals surface area contributed by atoms with Gasteiger partial charge in [0.25, 0.3) is 0 Å². The minimum Gasteiger partial charge on any atom is -0.309 e. The summed E-state index contributed by atoms with van der Waals surface area (Å²) in [5.74, 6) is 0. The van der Waals surface area contributed by atoms with Gasteiger partial charge >= 0.3 is 0 Å². The first kappa shape index (κ1) is 25.7. The molecule has 46 heavy (non-hydrogen) atoms. The molecule has 8 aromatic carbocycles. The smallest absolute Gasteiger partial charge is 0.0547 e. The summed E-state index contributed by atoms with van der Waals surface area (Å²) < 4.78 is 2.44. The van der Waals surface area contributed by atoms with Crippen molar-refractivity contribution < 1.29 is 0 Å². The van der Waals surface area contributed by atoms with E-state index in [0.29, 0.717) is 0 Å². The largest absolute Gasteiger partial charge is 0.309 e. The van der Waals surface area contributed by atoms with Crippen LogP contribution >= 0.6 is 11.8 Å². The van der Waals surface area contributed by atoms with Gasteiger partial charge in [-0.2, -0.15) is 0 Å². The summed E-state index contributed by atoms with van der Waals surface area (Å²) in [5.41, 5.74) is 11.2. The molecule has 0 saturated carbocycles. The molecule has 0 N–H and O–H groups in total. The topological polar surface area (TPSA) is 4.93 Å². The Morgan fingerprint density at radius 1 is 0.370 bits per heavy atom. The van der Waals surface area contributed by atoms with E-state index < -0.39 is 0 Å². The summed E-state index contributed by atoms with van der Waals surface area (Å²) in [6.45, 7) is 0. The van der Waals surface area contributed by atoms with Gasteiger partial charge in [-0.1, -0.05) is 139 Å². The molecular weight excluding hydrogens is 575 g/mol. The van der Waals surface area contributed by atoms with E-state index in [0.717, 1.165) is 0 Å². The summed E-state index contributed by atoms with van der Waals surface area (Å²) in [4.78, 5) is 2.66. The fourth-order valence-electron chi connectivity index (χ4n) is 7.50.